The van der Waals surface area contributed by atoms with E-state index < -0.39 is 0 Å². The molecule has 0 aliphatic heterocycles. The highest BCUT2D eigenvalue weighted by atomic mass is 15.2. The largest absolute Gasteiger partial charge is 0.398 e. The highest BCUT2D eigenvalue weighted by molar-refractivity contribution is 6.13. The minimum absolute atomic E-state index is 0.423. The standard InChI is InChI=1S/C63H61N3/c1-39(2)43-20-28-50(29-21-43)65(51-30-22-44(23-31-51)40(3)4)62-54-16-11-9-14-47(54)36-49-37-58-56(60(49)62)18-13-19-57(58)61-59(64)38-48-15-10-12-17-55(48)63(61)66(52-32-24-45(25-33-52)41(5)6)53-34-26-46(27-35-53)42(7)8/h9-36,38-42H,37,64H2,1-8H3. The van der Waals surface area contributed by atoms with Crippen molar-refractivity contribution in [1.29, 1.82) is 0 Å². The predicted molar refractivity (Wildman–Crippen MR) is 285 cm³/mol. The van der Waals surface area contributed by atoms with Crippen LogP contribution >= 0.6 is 0 Å². The van der Waals surface area contributed by atoms with E-state index in [4.69, 9.17) is 5.73 Å². The van der Waals surface area contributed by atoms with Gasteiger partial charge in [-0.1, -0.05) is 177 Å². The molecule has 66 heavy (non-hydrogen) atoms. The lowest BCUT2D eigenvalue weighted by atomic mass is 9.89. The first-order valence-corrected chi connectivity index (χ1v) is 23.9. The highest BCUT2D eigenvalue weighted by Gasteiger charge is 2.32. The second-order valence-electron chi connectivity index (χ2n) is 19.6. The molecule has 0 saturated carbocycles. The maximum Gasteiger partial charge on any atom is 0.0639 e. The number of nitrogens with zero attached hydrogens (tertiary/aromatic N) is 2. The molecule has 3 nitrogen and oxygen atoms in total. The molecule has 0 radical (unpaired) electrons. The second kappa shape index (κ2) is 17.4. The maximum absolute atomic E-state index is 7.48. The summed E-state index contributed by atoms with van der Waals surface area (Å²) in [6.07, 6.45) is 0.781. The van der Waals surface area contributed by atoms with Gasteiger partial charge in [0.15, 0.2) is 0 Å². The van der Waals surface area contributed by atoms with E-state index in [9.17, 15) is 0 Å². The highest BCUT2D eigenvalue weighted by Crippen LogP contribution is 2.55. The monoisotopic (exact) mass is 859 g/mol. The van der Waals surface area contributed by atoms with Crippen molar-refractivity contribution in [3.05, 3.63) is 209 Å². The number of hydrogen-bond acceptors (Lipinski definition) is 3. The van der Waals surface area contributed by atoms with Crippen molar-refractivity contribution in [3.8, 4) is 22.3 Å². The van der Waals surface area contributed by atoms with Crippen LogP contribution in [0.25, 0.3) is 43.8 Å². The van der Waals surface area contributed by atoms with Crippen molar-refractivity contribution in [2.75, 3.05) is 15.5 Å². The van der Waals surface area contributed by atoms with Crippen LogP contribution in [0.5, 0.6) is 0 Å². The van der Waals surface area contributed by atoms with Gasteiger partial charge in [0.25, 0.3) is 0 Å². The maximum atomic E-state index is 7.48. The molecule has 0 bridgehead atoms. The van der Waals surface area contributed by atoms with Crippen LogP contribution < -0.4 is 15.5 Å². The molecule has 0 fully saturated rings. The summed E-state index contributed by atoms with van der Waals surface area (Å²) in [5.41, 5.74) is 27.7. The van der Waals surface area contributed by atoms with E-state index in [1.807, 2.05) is 0 Å². The minimum Gasteiger partial charge on any atom is -0.398 e. The van der Waals surface area contributed by atoms with Crippen molar-refractivity contribution in [1.82, 2.24) is 0 Å². The first kappa shape index (κ1) is 42.8. The number of hydrogen-bond donors (Lipinski definition) is 1. The van der Waals surface area contributed by atoms with Crippen LogP contribution in [-0.2, 0) is 6.42 Å². The lowest BCUT2D eigenvalue weighted by molar-refractivity contribution is 0.866. The van der Waals surface area contributed by atoms with Gasteiger partial charge in [-0.2, -0.15) is 0 Å². The van der Waals surface area contributed by atoms with Gasteiger partial charge in [0, 0.05) is 50.3 Å². The third-order valence-corrected chi connectivity index (χ3v) is 14.0. The fourth-order valence-electron chi connectivity index (χ4n) is 10.2. The summed E-state index contributed by atoms with van der Waals surface area (Å²) in [6, 6.07) is 65.9. The average molecular weight is 860 g/mol. The van der Waals surface area contributed by atoms with Crippen LogP contribution in [0.3, 0.4) is 0 Å². The van der Waals surface area contributed by atoms with Crippen LogP contribution in [0.2, 0.25) is 0 Å². The van der Waals surface area contributed by atoms with Gasteiger partial charge in [-0.3, -0.25) is 0 Å². The Morgan fingerprint density at radius 2 is 0.727 bits per heavy atom. The van der Waals surface area contributed by atoms with Crippen molar-refractivity contribution < 1.29 is 0 Å². The van der Waals surface area contributed by atoms with Crippen molar-refractivity contribution >= 4 is 61.4 Å². The fraction of sp³-hybridized carbons (Fsp3) is 0.206. The summed E-state index contributed by atoms with van der Waals surface area (Å²) in [5, 5.41) is 4.73. The summed E-state index contributed by atoms with van der Waals surface area (Å²) < 4.78 is 0. The summed E-state index contributed by atoms with van der Waals surface area (Å²) in [7, 11) is 0. The minimum atomic E-state index is 0.423. The molecule has 0 heterocycles. The SMILES string of the molecule is CC(C)c1ccc(N(c2ccc(C(C)C)cc2)c2c(-c3cccc4c3Cc3cc5ccccc5c(N(c5ccc(C(C)C)cc5)c5ccc(C(C)C)cc5)c3-4)c(N)cc3ccccc23)cc1. The van der Waals surface area contributed by atoms with E-state index in [2.05, 4.69) is 241 Å². The van der Waals surface area contributed by atoms with Crippen LogP contribution in [0.4, 0.5) is 39.8 Å². The van der Waals surface area contributed by atoms with Gasteiger partial charge in [-0.25, -0.2) is 0 Å². The Balaban J connectivity index is 1.24. The summed E-state index contributed by atoms with van der Waals surface area (Å²) in [6.45, 7) is 18.1. The number of rotatable bonds is 11. The zero-order valence-corrected chi connectivity index (χ0v) is 39.7. The van der Waals surface area contributed by atoms with Crippen LogP contribution in [-0.4, -0.2) is 0 Å². The summed E-state index contributed by atoms with van der Waals surface area (Å²) in [4.78, 5) is 4.96. The van der Waals surface area contributed by atoms with Gasteiger partial charge >= 0.3 is 0 Å². The molecule has 9 aromatic carbocycles. The summed E-state index contributed by atoms with van der Waals surface area (Å²) >= 11 is 0. The molecule has 2 N–H and O–H groups in total. The topological polar surface area (TPSA) is 32.5 Å². The van der Waals surface area contributed by atoms with Gasteiger partial charge in [0.2, 0.25) is 0 Å². The van der Waals surface area contributed by atoms with Crippen LogP contribution in [0.15, 0.2) is 176 Å². The normalized spacial score (nSPS) is 12.2. The quantitative estimate of drug-likeness (QED) is 0.132. The zero-order chi connectivity index (χ0) is 45.8. The Labute approximate surface area is 392 Å². The molecule has 0 unspecified atom stereocenters. The molecule has 1 aliphatic carbocycles. The molecule has 328 valence electrons. The zero-order valence-electron chi connectivity index (χ0n) is 39.7. The van der Waals surface area contributed by atoms with E-state index in [-0.39, 0.29) is 0 Å². The Bertz CT molecular complexity index is 3110. The molecule has 0 aromatic heterocycles. The van der Waals surface area contributed by atoms with Gasteiger partial charge < -0.3 is 15.5 Å². The van der Waals surface area contributed by atoms with Crippen molar-refractivity contribution in [2.24, 2.45) is 0 Å². The van der Waals surface area contributed by atoms with Gasteiger partial charge in [0.05, 0.1) is 11.4 Å². The molecule has 0 saturated heterocycles. The molecule has 0 spiro atoms. The number of nitrogens with two attached hydrogens (primary N) is 1. The van der Waals surface area contributed by atoms with Crippen LogP contribution in [0.1, 0.15) is 112 Å². The van der Waals surface area contributed by atoms with E-state index in [1.54, 1.807) is 0 Å². The Kier molecular flexibility index (Phi) is 11.3. The molecule has 1 aliphatic rings. The Morgan fingerprint density at radius 3 is 1.12 bits per heavy atom. The number of nitrogen functional groups attached to an aromatic ring is 1. The van der Waals surface area contributed by atoms with Crippen LogP contribution in [0, 0.1) is 0 Å². The lowest BCUT2D eigenvalue weighted by Gasteiger charge is -2.31. The molecule has 3 heteroatoms. The first-order valence-electron chi connectivity index (χ1n) is 23.9. The number of anilines is 7. The fourth-order valence-corrected chi connectivity index (χ4v) is 10.2. The predicted octanol–water partition coefficient (Wildman–Crippen LogP) is 18.2. The Hall–Kier alpha value is -7.10. The lowest BCUT2D eigenvalue weighted by Crippen LogP contribution is -2.13. The third-order valence-electron chi connectivity index (χ3n) is 14.0. The molecule has 0 amide bonds. The van der Waals surface area contributed by atoms with E-state index in [0.717, 1.165) is 62.4 Å². The average Bonchev–Trinajstić information content (AvgIpc) is 3.70. The van der Waals surface area contributed by atoms with E-state index in [1.165, 1.54) is 61.0 Å². The van der Waals surface area contributed by atoms with Gasteiger partial charge in [0.1, 0.15) is 0 Å². The van der Waals surface area contributed by atoms with Crippen molar-refractivity contribution in [2.45, 2.75) is 85.5 Å². The first-order chi connectivity index (χ1) is 32.0. The molecule has 10 rings (SSSR count). The Morgan fingerprint density at radius 1 is 0.379 bits per heavy atom. The number of fused-ring (bicyclic) bond motifs is 5. The molecular weight excluding hydrogens is 799 g/mol. The summed E-state index contributed by atoms with van der Waals surface area (Å²) in [5.74, 6) is 1.72. The second-order valence-corrected chi connectivity index (χ2v) is 19.6. The van der Waals surface area contributed by atoms with Gasteiger partial charge in [-0.15, -0.1) is 0 Å². The van der Waals surface area contributed by atoms with Crippen molar-refractivity contribution in [3.63, 3.8) is 0 Å². The molecular formula is C63H61N3. The van der Waals surface area contributed by atoms with Gasteiger partial charge in [-0.05, 0) is 140 Å². The smallest absolute Gasteiger partial charge is 0.0639 e. The molecule has 9 aromatic rings. The van der Waals surface area contributed by atoms with E-state index >= 15 is 0 Å². The van der Waals surface area contributed by atoms with E-state index in [0.29, 0.717) is 23.7 Å². The number of benzene rings is 9. The third kappa shape index (κ3) is 7.61. The molecule has 0 atom stereocenters.